The van der Waals surface area contributed by atoms with Gasteiger partial charge in [-0.05, 0) is 17.8 Å². The van der Waals surface area contributed by atoms with Gasteiger partial charge < -0.3 is 19.6 Å². The van der Waals surface area contributed by atoms with Gasteiger partial charge in [-0.15, -0.1) is 0 Å². The van der Waals surface area contributed by atoms with Gasteiger partial charge in [-0.3, -0.25) is 0 Å². The number of hydrogen-bond acceptors (Lipinski definition) is 5. The van der Waals surface area contributed by atoms with Crippen molar-refractivity contribution in [1.29, 1.82) is 0 Å². The molecule has 0 aliphatic heterocycles. The third kappa shape index (κ3) is 2.34. The number of nitro groups is 1. The Balaban J connectivity index is 2.27. The van der Waals surface area contributed by atoms with E-state index in [9.17, 15) is 10.1 Å². The van der Waals surface area contributed by atoms with E-state index in [1.165, 1.54) is 13.2 Å². The quantitative estimate of drug-likeness (QED) is 0.556. The standard InChI is InChI=1S/C9H10N2O4/c1-14-9-5-7(15-6-2-3-6)4-8(10-9)11(12)13/h4-6H,2-3H2,1H3. The van der Waals surface area contributed by atoms with Crippen LogP contribution >= 0.6 is 0 Å². The highest BCUT2D eigenvalue weighted by atomic mass is 16.6. The molecule has 0 saturated heterocycles. The lowest BCUT2D eigenvalue weighted by molar-refractivity contribution is -0.389. The molecule has 6 nitrogen and oxygen atoms in total. The number of aromatic nitrogens is 1. The van der Waals surface area contributed by atoms with Crippen molar-refractivity contribution in [2.24, 2.45) is 0 Å². The Morgan fingerprint density at radius 3 is 2.80 bits per heavy atom. The van der Waals surface area contributed by atoms with E-state index < -0.39 is 4.92 Å². The molecule has 0 N–H and O–H groups in total. The van der Waals surface area contributed by atoms with Gasteiger partial charge in [0, 0.05) is 4.98 Å². The van der Waals surface area contributed by atoms with Crippen LogP contribution in [-0.2, 0) is 0 Å². The minimum absolute atomic E-state index is 0.191. The van der Waals surface area contributed by atoms with Crippen LogP contribution in [0.5, 0.6) is 11.6 Å². The summed E-state index contributed by atoms with van der Waals surface area (Å²) in [5, 5.41) is 10.6. The predicted molar refractivity (Wildman–Crippen MR) is 51.1 cm³/mol. The molecular formula is C9H10N2O4. The maximum Gasteiger partial charge on any atom is 0.371 e. The third-order valence-electron chi connectivity index (χ3n) is 1.99. The van der Waals surface area contributed by atoms with Gasteiger partial charge in [0.1, 0.15) is 5.75 Å². The van der Waals surface area contributed by atoms with E-state index in [-0.39, 0.29) is 17.8 Å². The number of pyridine rings is 1. The van der Waals surface area contributed by atoms with Crippen LogP contribution in [0.15, 0.2) is 12.1 Å². The second-order valence-corrected chi connectivity index (χ2v) is 3.28. The number of rotatable bonds is 4. The van der Waals surface area contributed by atoms with E-state index in [2.05, 4.69) is 4.98 Å². The number of ether oxygens (including phenoxy) is 2. The molecule has 0 bridgehead atoms. The van der Waals surface area contributed by atoms with Crippen molar-refractivity contribution >= 4 is 5.82 Å². The van der Waals surface area contributed by atoms with Crippen LogP contribution in [0.25, 0.3) is 0 Å². The summed E-state index contributed by atoms with van der Waals surface area (Å²) in [6, 6.07) is 2.85. The first-order valence-electron chi connectivity index (χ1n) is 4.56. The lowest BCUT2D eigenvalue weighted by Crippen LogP contribution is -2.00. The number of hydrogen-bond donors (Lipinski definition) is 0. The van der Waals surface area contributed by atoms with Gasteiger partial charge in [-0.2, -0.15) is 0 Å². The smallest absolute Gasteiger partial charge is 0.371 e. The first-order chi connectivity index (χ1) is 7.19. The van der Waals surface area contributed by atoms with Crippen LogP contribution in [0.4, 0.5) is 5.82 Å². The van der Waals surface area contributed by atoms with Crippen molar-refractivity contribution in [1.82, 2.24) is 4.98 Å². The van der Waals surface area contributed by atoms with Crippen molar-refractivity contribution in [3.63, 3.8) is 0 Å². The van der Waals surface area contributed by atoms with E-state index in [4.69, 9.17) is 9.47 Å². The fourth-order valence-electron chi connectivity index (χ4n) is 1.11. The zero-order valence-corrected chi connectivity index (χ0v) is 8.17. The van der Waals surface area contributed by atoms with Gasteiger partial charge in [-0.1, -0.05) is 0 Å². The van der Waals surface area contributed by atoms with E-state index in [0.717, 1.165) is 12.8 Å². The first kappa shape index (κ1) is 9.70. The highest BCUT2D eigenvalue weighted by Gasteiger charge is 2.25. The SMILES string of the molecule is COc1cc(OC2CC2)cc([N+](=O)[O-])n1. The van der Waals surface area contributed by atoms with Gasteiger partial charge in [-0.25, -0.2) is 0 Å². The second kappa shape index (κ2) is 3.72. The summed E-state index contributed by atoms with van der Waals surface area (Å²) in [6.07, 6.45) is 2.19. The van der Waals surface area contributed by atoms with Crippen molar-refractivity contribution in [2.75, 3.05) is 7.11 Å². The van der Waals surface area contributed by atoms with Crippen LogP contribution < -0.4 is 9.47 Å². The monoisotopic (exact) mass is 210 g/mol. The van der Waals surface area contributed by atoms with Gasteiger partial charge in [0.25, 0.3) is 0 Å². The van der Waals surface area contributed by atoms with Gasteiger partial charge in [0.05, 0.1) is 25.3 Å². The second-order valence-electron chi connectivity index (χ2n) is 3.28. The molecule has 1 heterocycles. The normalized spacial score (nSPS) is 14.7. The molecule has 0 atom stereocenters. The predicted octanol–water partition coefficient (Wildman–Crippen LogP) is 1.54. The van der Waals surface area contributed by atoms with Gasteiger partial charge in [0.2, 0.25) is 0 Å². The zero-order chi connectivity index (χ0) is 10.8. The molecule has 1 aliphatic rings. The number of methoxy groups -OCH3 is 1. The Morgan fingerprint density at radius 1 is 1.53 bits per heavy atom. The van der Waals surface area contributed by atoms with E-state index >= 15 is 0 Å². The fourth-order valence-corrected chi connectivity index (χ4v) is 1.11. The van der Waals surface area contributed by atoms with Crippen LogP contribution in [0.2, 0.25) is 0 Å². The molecule has 1 aliphatic carbocycles. The summed E-state index contributed by atoms with van der Waals surface area (Å²) in [6.45, 7) is 0. The molecule has 0 amide bonds. The van der Waals surface area contributed by atoms with Crippen molar-refractivity contribution in [3.05, 3.63) is 22.2 Å². The van der Waals surface area contributed by atoms with Crippen molar-refractivity contribution < 1.29 is 14.4 Å². The molecule has 1 aromatic rings. The zero-order valence-electron chi connectivity index (χ0n) is 8.17. The number of nitrogens with zero attached hydrogens (tertiary/aromatic N) is 2. The molecular weight excluding hydrogens is 200 g/mol. The minimum atomic E-state index is -0.567. The molecule has 1 fully saturated rings. The maximum absolute atomic E-state index is 10.6. The topological polar surface area (TPSA) is 74.5 Å². The summed E-state index contributed by atoms with van der Waals surface area (Å²) in [5.41, 5.74) is 0. The van der Waals surface area contributed by atoms with E-state index in [0.29, 0.717) is 5.75 Å². The van der Waals surface area contributed by atoms with E-state index in [1.54, 1.807) is 6.07 Å². The Labute approximate surface area is 86.0 Å². The van der Waals surface area contributed by atoms with Gasteiger partial charge >= 0.3 is 11.7 Å². The summed E-state index contributed by atoms with van der Waals surface area (Å²) in [5.74, 6) is 0.376. The summed E-state index contributed by atoms with van der Waals surface area (Å²) < 4.78 is 10.3. The molecule has 0 aromatic carbocycles. The Bertz CT molecular complexity index is 390. The molecule has 15 heavy (non-hydrogen) atoms. The Kier molecular flexibility index (Phi) is 2.40. The first-order valence-corrected chi connectivity index (χ1v) is 4.56. The maximum atomic E-state index is 10.6. The fraction of sp³-hybridized carbons (Fsp3) is 0.444. The summed E-state index contributed by atoms with van der Waals surface area (Å²) in [4.78, 5) is 13.7. The Hall–Kier alpha value is -1.85. The average molecular weight is 210 g/mol. The van der Waals surface area contributed by atoms with Crippen molar-refractivity contribution in [2.45, 2.75) is 18.9 Å². The molecule has 1 aromatic heterocycles. The summed E-state index contributed by atoms with van der Waals surface area (Å²) >= 11 is 0. The molecule has 0 unspecified atom stereocenters. The van der Waals surface area contributed by atoms with E-state index in [1.807, 2.05) is 0 Å². The van der Waals surface area contributed by atoms with Crippen LogP contribution in [0.3, 0.4) is 0 Å². The highest BCUT2D eigenvalue weighted by molar-refractivity contribution is 5.37. The molecule has 0 radical (unpaired) electrons. The molecule has 6 heteroatoms. The highest BCUT2D eigenvalue weighted by Crippen LogP contribution is 2.30. The lowest BCUT2D eigenvalue weighted by atomic mass is 10.4. The van der Waals surface area contributed by atoms with Crippen LogP contribution in [0.1, 0.15) is 12.8 Å². The molecule has 1 saturated carbocycles. The lowest BCUT2D eigenvalue weighted by Gasteiger charge is -2.03. The average Bonchev–Trinajstić information content (AvgIpc) is 3.01. The summed E-state index contributed by atoms with van der Waals surface area (Å²) in [7, 11) is 1.41. The minimum Gasteiger partial charge on any atom is -0.490 e. The molecule has 80 valence electrons. The third-order valence-corrected chi connectivity index (χ3v) is 1.99. The van der Waals surface area contributed by atoms with Crippen LogP contribution in [-0.4, -0.2) is 23.1 Å². The van der Waals surface area contributed by atoms with Gasteiger partial charge in [0.15, 0.2) is 0 Å². The molecule has 2 rings (SSSR count). The Morgan fingerprint density at radius 2 is 2.27 bits per heavy atom. The van der Waals surface area contributed by atoms with Crippen LogP contribution in [0, 0.1) is 10.1 Å². The van der Waals surface area contributed by atoms with Crippen molar-refractivity contribution in [3.8, 4) is 11.6 Å². The molecule has 0 spiro atoms. The largest absolute Gasteiger partial charge is 0.490 e.